The predicted molar refractivity (Wildman–Crippen MR) is 63.3 cm³/mol. The van der Waals surface area contributed by atoms with Gasteiger partial charge < -0.3 is 9.64 Å². The first kappa shape index (κ1) is 11.9. The molecule has 2 rings (SSSR count). The highest BCUT2D eigenvalue weighted by atomic mass is 16.5. The van der Waals surface area contributed by atoms with E-state index in [4.69, 9.17) is 4.74 Å². The van der Waals surface area contributed by atoms with Gasteiger partial charge in [-0.25, -0.2) is 0 Å². The van der Waals surface area contributed by atoms with Crippen molar-refractivity contribution >= 4 is 5.97 Å². The van der Waals surface area contributed by atoms with Gasteiger partial charge in [-0.3, -0.25) is 4.79 Å². The third-order valence-electron chi connectivity index (χ3n) is 3.77. The number of likely N-dealkylation sites (tertiary alicyclic amines) is 1. The van der Waals surface area contributed by atoms with Crippen LogP contribution in [-0.2, 0) is 9.53 Å². The van der Waals surface area contributed by atoms with Gasteiger partial charge in [-0.05, 0) is 51.6 Å². The Balaban J connectivity index is 1.80. The quantitative estimate of drug-likeness (QED) is 0.642. The van der Waals surface area contributed by atoms with Gasteiger partial charge in [0.2, 0.25) is 0 Å². The van der Waals surface area contributed by atoms with Crippen LogP contribution >= 0.6 is 0 Å². The average Bonchev–Trinajstić information content (AvgIpc) is 2.81. The number of esters is 1. The highest BCUT2D eigenvalue weighted by molar-refractivity contribution is 5.69. The SMILES string of the molecule is O=C1CCCCC(N2CCCC2)CCCO1. The summed E-state index contributed by atoms with van der Waals surface area (Å²) in [5.41, 5.74) is 0. The van der Waals surface area contributed by atoms with Crippen molar-refractivity contribution in [3.8, 4) is 0 Å². The van der Waals surface area contributed by atoms with Gasteiger partial charge in [0.05, 0.1) is 6.61 Å². The molecule has 0 N–H and O–H groups in total. The van der Waals surface area contributed by atoms with Gasteiger partial charge in [0, 0.05) is 12.5 Å². The number of hydrogen-bond acceptors (Lipinski definition) is 3. The van der Waals surface area contributed by atoms with Crippen molar-refractivity contribution < 1.29 is 9.53 Å². The largest absolute Gasteiger partial charge is 0.466 e. The number of hydrogen-bond donors (Lipinski definition) is 0. The first-order valence-electron chi connectivity index (χ1n) is 6.76. The van der Waals surface area contributed by atoms with Crippen LogP contribution in [-0.4, -0.2) is 36.6 Å². The molecule has 2 aliphatic rings. The van der Waals surface area contributed by atoms with E-state index >= 15 is 0 Å². The van der Waals surface area contributed by atoms with Crippen LogP contribution in [0.2, 0.25) is 0 Å². The molecule has 0 amide bonds. The van der Waals surface area contributed by atoms with Crippen molar-refractivity contribution in [1.82, 2.24) is 4.90 Å². The van der Waals surface area contributed by atoms with Crippen LogP contribution in [0.3, 0.4) is 0 Å². The lowest BCUT2D eigenvalue weighted by molar-refractivity contribution is -0.144. The maximum absolute atomic E-state index is 11.2. The number of cyclic esters (lactones) is 1. The van der Waals surface area contributed by atoms with E-state index in [1.807, 2.05) is 0 Å². The van der Waals surface area contributed by atoms with Crippen LogP contribution < -0.4 is 0 Å². The van der Waals surface area contributed by atoms with Crippen LogP contribution in [0, 0.1) is 0 Å². The molecule has 3 nitrogen and oxygen atoms in total. The zero-order chi connectivity index (χ0) is 11.2. The van der Waals surface area contributed by atoms with Crippen molar-refractivity contribution in [2.45, 2.75) is 57.4 Å². The topological polar surface area (TPSA) is 29.5 Å². The van der Waals surface area contributed by atoms with Crippen molar-refractivity contribution in [2.24, 2.45) is 0 Å². The minimum absolute atomic E-state index is 0.000350. The Morgan fingerprint density at radius 2 is 1.75 bits per heavy atom. The molecule has 1 unspecified atom stereocenters. The summed E-state index contributed by atoms with van der Waals surface area (Å²) in [7, 11) is 0. The van der Waals surface area contributed by atoms with Crippen molar-refractivity contribution in [2.75, 3.05) is 19.7 Å². The Kier molecular flexibility index (Phi) is 4.64. The number of rotatable bonds is 1. The summed E-state index contributed by atoms with van der Waals surface area (Å²) in [5, 5.41) is 0. The monoisotopic (exact) mass is 225 g/mol. The molecule has 0 saturated carbocycles. The zero-order valence-corrected chi connectivity index (χ0v) is 10.1. The van der Waals surface area contributed by atoms with E-state index in [0.29, 0.717) is 13.0 Å². The molecule has 2 heterocycles. The summed E-state index contributed by atoms with van der Waals surface area (Å²) in [5.74, 6) is -0.000350. The molecule has 2 aliphatic heterocycles. The normalized spacial score (nSPS) is 30.0. The highest BCUT2D eigenvalue weighted by Crippen LogP contribution is 2.21. The lowest BCUT2D eigenvalue weighted by Crippen LogP contribution is -2.33. The molecule has 0 spiro atoms. The van der Waals surface area contributed by atoms with Gasteiger partial charge in [-0.1, -0.05) is 6.42 Å². The van der Waals surface area contributed by atoms with Crippen LogP contribution in [0.25, 0.3) is 0 Å². The fourth-order valence-corrected chi connectivity index (χ4v) is 2.84. The number of carbonyl (C=O) groups is 1. The summed E-state index contributed by atoms with van der Waals surface area (Å²) in [6.45, 7) is 3.19. The zero-order valence-electron chi connectivity index (χ0n) is 10.1. The van der Waals surface area contributed by atoms with Gasteiger partial charge in [0.25, 0.3) is 0 Å². The number of nitrogens with zero attached hydrogens (tertiary/aromatic N) is 1. The number of carbonyl (C=O) groups excluding carboxylic acids is 1. The maximum Gasteiger partial charge on any atom is 0.305 e. The molecule has 0 aliphatic carbocycles. The summed E-state index contributed by atoms with van der Waals surface area (Å²) < 4.78 is 5.17. The van der Waals surface area contributed by atoms with E-state index in [0.717, 1.165) is 18.9 Å². The lowest BCUT2D eigenvalue weighted by Gasteiger charge is -2.28. The van der Waals surface area contributed by atoms with Crippen LogP contribution in [0.1, 0.15) is 51.4 Å². The fourth-order valence-electron chi connectivity index (χ4n) is 2.84. The van der Waals surface area contributed by atoms with Gasteiger partial charge in [-0.2, -0.15) is 0 Å². The third-order valence-corrected chi connectivity index (χ3v) is 3.77. The Morgan fingerprint density at radius 3 is 2.56 bits per heavy atom. The van der Waals surface area contributed by atoms with Crippen LogP contribution in [0.5, 0.6) is 0 Å². The van der Waals surface area contributed by atoms with Crippen molar-refractivity contribution in [3.05, 3.63) is 0 Å². The van der Waals surface area contributed by atoms with Gasteiger partial charge in [0.1, 0.15) is 0 Å². The molecule has 2 fully saturated rings. The molecule has 92 valence electrons. The van der Waals surface area contributed by atoms with E-state index in [9.17, 15) is 4.79 Å². The third kappa shape index (κ3) is 3.48. The minimum Gasteiger partial charge on any atom is -0.466 e. The summed E-state index contributed by atoms with van der Waals surface area (Å²) in [6.07, 6.45) is 9.04. The second kappa shape index (κ2) is 6.24. The Bertz CT molecular complexity index is 210. The molecule has 0 radical (unpaired) electrons. The summed E-state index contributed by atoms with van der Waals surface area (Å²) in [4.78, 5) is 13.8. The molecular formula is C13H23NO2. The van der Waals surface area contributed by atoms with E-state index in [2.05, 4.69) is 4.90 Å². The molecule has 3 heteroatoms. The smallest absolute Gasteiger partial charge is 0.305 e. The second-order valence-electron chi connectivity index (χ2n) is 5.01. The van der Waals surface area contributed by atoms with Crippen LogP contribution in [0.15, 0.2) is 0 Å². The Labute approximate surface area is 98.1 Å². The standard InChI is InChI=1S/C13H23NO2/c15-13-8-2-1-6-12(7-5-11-16-13)14-9-3-4-10-14/h12H,1-11H2. The van der Waals surface area contributed by atoms with E-state index in [-0.39, 0.29) is 5.97 Å². The van der Waals surface area contributed by atoms with Gasteiger partial charge in [-0.15, -0.1) is 0 Å². The van der Waals surface area contributed by atoms with Crippen LogP contribution in [0.4, 0.5) is 0 Å². The lowest BCUT2D eigenvalue weighted by atomic mass is 10.0. The summed E-state index contributed by atoms with van der Waals surface area (Å²) >= 11 is 0. The maximum atomic E-state index is 11.2. The first-order valence-corrected chi connectivity index (χ1v) is 6.76. The molecule has 0 bridgehead atoms. The fraction of sp³-hybridized carbons (Fsp3) is 0.923. The molecular weight excluding hydrogens is 202 g/mol. The van der Waals surface area contributed by atoms with E-state index in [1.54, 1.807) is 0 Å². The Hall–Kier alpha value is -0.570. The van der Waals surface area contributed by atoms with E-state index < -0.39 is 0 Å². The molecule has 2 saturated heterocycles. The number of ether oxygens (including phenoxy) is 1. The molecule has 0 aromatic heterocycles. The molecule has 0 aromatic rings. The van der Waals surface area contributed by atoms with E-state index in [1.165, 1.54) is 45.2 Å². The van der Waals surface area contributed by atoms with Crippen molar-refractivity contribution in [1.29, 1.82) is 0 Å². The van der Waals surface area contributed by atoms with Gasteiger partial charge >= 0.3 is 5.97 Å². The van der Waals surface area contributed by atoms with Crippen molar-refractivity contribution in [3.63, 3.8) is 0 Å². The highest BCUT2D eigenvalue weighted by Gasteiger charge is 2.22. The molecule has 16 heavy (non-hydrogen) atoms. The average molecular weight is 225 g/mol. The predicted octanol–water partition coefficient (Wildman–Crippen LogP) is 2.35. The second-order valence-corrected chi connectivity index (χ2v) is 5.01. The van der Waals surface area contributed by atoms with Gasteiger partial charge in [0.15, 0.2) is 0 Å². The first-order chi connectivity index (χ1) is 7.86. The minimum atomic E-state index is -0.000350. The Morgan fingerprint density at radius 1 is 1.00 bits per heavy atom. The molecule has 0 aromatic carbocycles. The molecule has 1 atom stereocenters. The summed E-state index contributed by atoms with van der Waals surface area (Å²) in [6, 6.07) is 0.749.